The smallest absolute Gasteiger partial charge is 0.481 e. The normalized spacial score (nSPS) is 26.0. The lowest BCUT2D eigenvalue weighted by atomic mass is 10.1. The van der Waals surface area contributed by atoms with Crippen molar-refractivity contribution < 1.29 is 57.5 Å². The Morgan fingerprint density at radius 1 is 1.27 bits per heavy atom. The standard InChI is InChI=1S/C11H16N2O13P2S.H3N/c14-7(15)4-29-6-1-2-13(11(18)12-6)10-9(17)8(16)5(25-10)3-24-28(22,23)26-27(19,20)21;/h1-2,5,8-10,16-17H,3-4H2,(H,14,15)(H,22,23)(H2,19,20,21);1H3/t5-,8-,9-,10-;/m1./s1. The molecule has 0 aliphatic carbocycles. The van der Waals surface area contributed by atoms with Crippen LogP contribution in [0.4, 0.5) is 0 Å². The lowest BCUT2D eigenvalue weighted by Gasteiger charge is -2.18. The molecule has 16 nitrogen and oxygen atoms in total. The van der Waals surface area contributed by atoms with E-state index in [4.69, 9.17) is 19.6 Å². The zero-order valence-electron chi connectivity index (χ0n) is 14.8. The summed E-state index contributed by atoms with van der Waals surface area (Å²) in [6.07, 6.45) is -5.21. The predicted molar refractivity (Wildman–Crippen MR) is 96.7 cm³/mol. The highest BCUT2D eigenvalue weighted by Gasteiger charge is 2.45. The van der Waals surface area contributed by atoms with Gasteiger partial charge in [0, 0.05) is 6.20 Å². The van der Waals surface area contributed by atoms with Crippen molar-refractivity contribution in [3.05, 3.63) is 22.7 Å². The molecule has 0 saturated carbocycles. The van der Waals surface area contributed by atoms with Crippen molar-refractivity contribution in [1.82, 2.24) is 15.7 Å². The molecule has 0 aromatic carbocycles. The Kier molecular flexibility index (Phi) is 9.31. The van der Waals surface area contributed by atoms with Crippen molar-refractivity contribution in [2.45, 2.75) is 29.6 Å². The van der Waals surface area contributed by atoms with Crippen LogP contribution in [0.5, 0.6) is 0 Å². The molecule has 0 radical (unpaired) electrons. The summed E-state index contributed by atoms with van der Waals surface area (Å²) in [5.74, 6) is -1.46. The van der Waals surface area contributed by atoms with E-state index in [1.165, 1.54) is 6.07 Å². The first-order valence-corrected chi connectivity index (χ1v) is 11.5. The molecule has 9 N–H and O–H groups in total. The number of hydrogen-bond donors (Lipinski definition) is 7. The molecular formula is C11H19N3O13P2S. The molecule has 5 atom stereocenters. The number of carboxylic acids is 1. The van der Waals surface area contributed by atoms with Crippen LogP contribution in [-0.2, 0) is 27.5 Å². The number of aliphatic hydroxyl groups excluding tert-OH is 2. The predicted octanol–water partition coefficient (Wildman–Crippen LogP) is -1.57. The molecule has 0 spiro atoms. The molecule has 1 aromatic heterocycles. The Bertz CT molecular complexity index is 907. The minimum atomic E-state index is -5.34. The first kappa shape index (κ1) is 26.8. The molecule has 30 heavy (non-hydrogen) atoms. The van der Waals surface area contributed by atoms with Crippen LogP contribution in [0.1, 0.15) is 6.23 Å². The molecule has 0 amide bonds. The van der Waals surface area contributed by atoms with Gasteiger partial charge in [-0.1, -0.05) is 11.8 Å². The monoisotopic (exact) mass is 495 g/mol. The van der Waals surface area contributed by atoms with Crippen LogP contribution in [0.3, 0.4) is 0 Å². The number of phosphoric ester groups is 1. The first-order chi connectivity index (χ1) is 13.3. The van der Waals surface area contributed by atoms with Gasteiger partial charge in [-0.3, -0.25) is 13.9 Å². The van der Waals surface area contributed by atoms with Crippen molar-refractivity contribution in [2.75, 3.05) is 12.4 Å². The van der Waals surface area contributed by atoms with Crippen molar-refractivity contribution >= 4 is 33.4 Å². The fourth-order valence-electron chi connectivity index (χ4n) is 2.23. The van der Waals surface area contributed by atoms with E-state index in [0.29, 0.717) is 0 Å². The number of nitrogens with zero attached hydrogens (tertiary/aromatic N) is 2. The van der Waals surface area contributed by atoms with Crippen molar-refractivity contribution in [3.63, 3.8) is 0 Å². The number of aliphatic hydroxyl groups is 2. The maximum absolute atomic E-state index is 12.1. The Morgan fingerprint density at radius 2 is 1.90 bits per heavy atom. The molecule has 19 heteroatoms. The summed E-state index contributed by atoms with van der Waals surface area (Å²) >= 11 is 0.778. The third kappa shape index (κ3) is 7.49. The molecule has 1 unspecified atom stereocenters. The van der Waals surface area contributed by atoms with Crippen LogP contribution in [0.15, 0.2) is 22.1 Å². The lowest BCUT2D eigenvalue weighted by Crippen LogP contribution is -2.36. The lowest BCUT2D eigenvalue weighted by molar-refractivity contribution is -0.133. The molecule has 172 valence electrons. The first-order valence-electron chi connectivity index (χ1n) is 7.49. The van der Waals surface area contributed by atoms with Gasteiger partial charge in [0.15, 0.2) is 6.23 Å². The zero-order valence-corrected chi connectivity index (χ0v) is 17.4. The van der Waals surface area contributed by atoms with Gasteiger partial charge in [0.25, 0.3) is 0 Å². The minimum absolute atomic E-state index is 0. The second-order valence-electron chi connectivity index (χ2n) is 5.52. The number of aromatic nitrogens is 2. The molecule has 2 heterocycles. The third-order valence-corrected chi connectivity index (χ3v) is 6.44. The Hall–Kier alpha value is -1.20. The molecule has 1 saturated heterocycles. The van der Waals surface area contributed by atoms with Gasteiger partial charge in [-0.05, 0) is 6.07 Å². The number of phosphoric acid groups is 2. The highest BCUT2D eigenvalue weighted by Crippen LogP contribution is 2.57. The van der Waals surface area contributed by atoms with Crippen LogP contribution in [0, 0.1) is 0 Å². The van der Waals surface area contributed by atoms with Crippen LogP contribution >= 0.6 is 27.4 Å². The largest absolute Gasteiger partial charge is 0.481 e. The quantitative estimate of drug-likeness (QED) is 0.116. The van der Waals surface area contributed by atoms with Crippen molar-refractivity contribution in [2.24, 2.45) is 0 Å². The summed E-state index contributed by atoms with van der Waals surface area (Å²) in [5.41, 5.74) is -0.934. The SMILES string of the molecule is N.O=C(O)CSc1ccn([C@@H]2O[C@H](COP(=O)(O)OP(=O)(O)O)[C@@H](O)[C@H]2O)c(=O)n1. The summed E-state index contributed by atoms with van der Waals surface area (Å²) in [6.45, 7) is -0.919. The van der Waals surface area contributed by atoms with Gasteiger partial charge in [0.1, 0.15) is 23.3 Å². The van der Waals surface area contributed by atoms with Crippen LogP contribution in [0.25, 0.3) is 0 Å². The summed E-state index contributed by atoms with van der Waals surface area (Å²) < 4.78 is 36.0. The van der Waals surface area contributed by atoms with E-state index in [1.807, 2.05) is 0 Å². The topological polar surface area (TPSA) is 270 Å². The maximum atomic E-state index is 12.1. The average Bonchev–Trinajstić information content (AvgIpc) is 2.84. The van der Waals surface area contributed by atoms with Crippen molar-refractivity contribution in [1.29, 1.82) is 0 Å². The molecular weight excluding hydrogens is 476 g/mol. The zero-order chi connectivity index (χ0) is 22.0. The third-order valence-electron chi connectivity index (χ3n) is 3.37. The van der Waals surface area contributed by atoms with E-state index in [2.05, 4.69) is 13.8 Å². The van der Waals surface area contributed by atoms with E-state index in [0.717, 1.165) is 22.5 Å². The van der Waals surface area contributed by atoms with Gasteiger partial charge in [0.05, 0.1) is 12.4 Å². The van der Waals surface area contributed by atoms with Crippen LogP contribution in [-0.4, -0.2) is 76.2 Å². The van der Waals surface area contributed by atoms with Gasteiger partial charge in [-0.15, -0.1) is 0 Å². The fourth-order valence-corrected chi connectivity index (χ4v) is 4.40. The second-order valence-corrected chi connectivity index (χ2v) is 9.35. The molecule has 1 fully saturated rings. The number of rotatable bonds is 9. The van der Waals surface area contributed by atoms with E-state index in [1.54, 1.807) is 0 Å². The molecule has 0 bridgehead atoms. The number of aliphatic carboxylic acids is 1. The second kappa shape index (κ2) is 10.4. The number of carbonyl (C=O) groups is 1. The highest BCUT2D eigenvalue weighted by molar-refractivity contribution is 7.99. The Labute approximate surface area is 171 Å². The van der Waals surface area contributed by atoms with Gasteiger partial charge in [0.2, 0.25) is 0 Å². The van der Waals surface area contributed by atoms with E-state index in [9.17, 15) is 33.8 Å². The summed E-state index contributed by atoms with van der Waals surface area (Å²) in [5, 5.41) is 28.8. The number of hydrogen-bond acceptors (Lipinski definition) is 12. The molecule has 2 rings (SSSR count). The average molecular weight is 495 g/mol. The maximum Gasteiger partial charge on any atom is 0.481 e. The number of thioether (sulfide) groups is 1. The van der Waals surface area contributed by atoms with E-state index >= 15 is 0 Å². The Balaban J connectivity index is 0.00000450. The minimum Gasteiger partial charge on any atom is -0.481 e. The van der Waals surface area contributed by atoms with E-state index < -0.39 is 58.5 Å². The number of ether oxygens (including phenoxy) is 1. The van der Waals surface area contributed by atoms with Gasteiger partial charge in [-0.25, -0.2) is 13.9 Å². The summed E-state index contributed by atoms with van der Waals surface area (Å²) in [6, 6.07) is 1.27. The van der Waals surface area contributed by atoms with Crippen LogP contribution in [0.2, 0.25) is 0 Å². The Morgan fingerprint density at radius 3 is 2.43 bits per heavy atom. The fraction of sp³-hybridized carbons (Fsp3) is 0.545. The van der Waals surface area contributed by atoms with Gasteiger partial charge >= 0.3 is 27.3 Å². The van der Waals surface area contributed by atoms with Crippen LogP contribution < -0.4 is 11.8 Å². The summed E-state index contributed by atoms with van der Waals surface area (Å²) in [7, 11) is -10.5. The van der Waals surface area contributed by atoms with Crippen molar-refractivity contribution in [3.8, 4) is 0 Å². The molecule has 1 aromatic rings. The van der Waals surface area contributed by atoms with Gasteiger partial charge < -0.3 is 40.9 Å². The van der Waals surface area contributed by atoms with Gasteiger partial charge in [-0.2, -0.15) is 9.29 Å². The summed E-state index contributed by atoms with van der Waals surface area (Å²) in [4.78, 5) is 52.5. The van der Waals surface area contributed by atoms with E-state index in [-0.39, 0.29) is 16.9 Å². The highest BCUT2D eigenvalue weighted by atomic mass is 32.2. The molecule has 1 aliphatic heterocycles. The molecule has 1 aliphatic rings. The number of carboxylic acid groups (broad SMARTS) is 1.